The van der Waals surface area contributed by atoms with Crippen LogP contribution in [0.25, 0.3) is 11.1 Å². The van der Waals surface area contributed by atoms with Crippen molar-refractivity contribution >= 4 is 29.9 Å². The number of hydrogen-bond acceptors (Lipinski definition) is 2. The van der Waals surface area contributed by atoms with Crippen LogP contribution in [0, 0.1) is 52.4 Å². The monoisotopic (exact) mass is 465 g/mol. The molecular weight excluding hydrogens is 465 g/mol. The SMILES string of the molecule is O=S(=O)(O)c1c(F)c(F)c(F)c(F)c1-c1c(F)c(F)c(F)c(F)c1F.[Ga]. The van der Waals surface area contributed by atoms with Gasteiger partial charge < -0.3 is 0 Å². The molecule has 139 valence electrons. The predicted octanol–water partition coefficient (Wildman–Crippen LogP) is 3.47. The summed E-state index contributed by atoms with van der Waals surface area (Å²) < 4.78 is 151. The Kier molecular flexibility index (Phi) is 6.17. The maximum atomic E-state index is 13.8. The smallest absolute Gasteiger partial charge is 0.282 e. The average molecular weight is 466 g/mol. The van der Waals surface area contributed by atoms with Gasteiger partial charge in [0.05, 0.1) is 11.1 Å². The summed E-state index contributed by atoms with van der Waals surface area (Å²) in [6.07, 6.45) is 0. The van der Waals surface area contributed by atoms with Gasteiger partial charge in [0.2, 0.25) is 5.82 Å². The van der Waals surface area contributed by atoms with Crippen molar-refractivity contribution in [3.63, 3.8) is 0 Å². The Labute approximate surface area is 151 Å². The van der Waals surface area contributed by atoms with Crippen molar-refractivity contribution in [2.75, 3.05) is 0 Å². The topological polar surface area (TPSA) is 54.4 Å². The molecule has 0 bridgehead atoms. The maximum Gasteiger partial charge on any atom is 0.298 e. The summed E-state index contributed by atoms with van der Waals surface area (Å²) in [6, 6.07) is 0. The fourth-order valence-electron chi connectivity index (χ4n) is 1.90. The molecule has 2 aromatic carbocycles. The number of benzene rings is 2. The molecule has 2 rings (SSSR count). The molecule has 0 saturated heterocycles. The predicted molar refractivity (Wildman–Crippen MR) is 67.1 cm³/mol. The van der Waals surface area contributed by atoms with Crippen molar-refractivity contribution in [2.45, 2.75) is 4.90 Å². The molecule has 2 aromatic rings. The van der Waals surface area contributed by atoms with Crippen LogP contribution in [0.1, 0.15) is 0 Å². The molecule has 0 atom stereocenters. The zero-order chi connectivity index (χ0) is 19.4. The number of halogens is 9. The Bertz CT molecular complexity index is 995. The molecule has 0 aliphatic heterocycles. The van der Waals surface area contributed by atoms with E-state index in [4.69, 9.17) is 4.55 Å². The largest absolute Gasteiger partial charge is 0.298 e. The van der Waals surface area contributed by atoms with E-state index >= 15 is 0 Å². The van der Waals surface area contributed by atoms with Gasteiger partial charge in [-0.3, -0.25) is 4.55 Å². The summed E-state index contributed by atoms with van der Waals surface area (Å²) >= 11 is 0. The van der Waals surface area contributed by atoms with Crippen LogP contribution in [0.15, 0.2) is 4.90 Å². The molecule has 1 N–H and O–H groups in total. The normalized spacial score (nSPS) is 11.5. The van der Waals surface area contributed by atoms with E-state index in [0.29, 0.717) is 0 Å². The summed E-state index contributed by atoms with van der Waals surface area (Å²) in [4.78, 5) is -2.55. The molecule has 3 radical (unpaired) electrons. The molecule has 14 heteroatoms. The van der Waals surface area contributed by atoms with E-state index in [1.165, 1.54) is 0 Å². The van der Waals surface area contributed by atoms with Gasteiger partial charge in [0.1, 0.15) is 4.90 Å². The van der Waals surface area contributed by atoms with E-state index in [9.17, 15) is 47.9 Å². The summed E-state index contributed by atoms with van der Waals surface area (Å²) in [7, 11) is -6.04. The minimum Gasteiger partial charge on any atom is -0.282 e. The Morgan fingerprint density at radius 3 is 1.12 bits per heavy atom. The fourth-order valence-corrected chi connectivity index (χ4v) is 2.67. The van der Waals surface area contributed by atoms with Crippen molar-refractivity contribution in [3.05, 3.63) is 52.4 Å². The van der Waals surface area contributed by atoms with Crippen molar-refractivity contribution in [1.82, 2.24) is 0 Å². The zero-order valence-electron chi connectivity index (χ0n) is 11.7. The summed E-state index contributed by atoms with van der Waals surface area (Å²) in [6.45, 7) is 0. The number of hydrogen-bond donors (Lipinski definition) is 1. The van der Waals surface area contributed by atoms with E-state index in [2.05, 4.69) is 0 Å². The van der Waals surface area contributed by atoms with E-state index in [0.717, 1.165) is 0 Å². The summed E-state index contributed by atoms with van der Waals surface area (Å²) in [5.74, 6) is -25.2. The molecule has 0 heterocycles. The molecule has 0 aliphatic rings. The Morgan fingerprint density at radius 1 is 0.500 bits per heavy atom. The minimum atomic E-state index is -6.04. The molecule has 0 amide bonds. The van der Waals surface area contributed by atoms with Gasteiger partial charge in [0.25, 0.3) is 10.1 Å². The summed E-state index contributed by atoms with van der Waals surface area (Å²) in [5.41, 5.74) is -4.83. The molecule has 3 nitrogen and oxygen atoms in total. The molecule has 0 aromatic heterocycles. The fraction of sp³-hybridized carbons (Fsp3) is 0. The van der Waals surface area contributed by atoms with E-state index in [1.807, 2.05) is 0 Å². The third-order valence-electron chi connectivity index (χ3n) is 2.94. The molecule has 0 saturated carbocycles. The first-order valence-corrected chi connectivity index (χ1v) is 7.11. The first kappa shape index (κ1) is 22.4. The van der Waals surface area contributed by atoms with Gasteiger partial charge in [-0.25, -0.2) is 39.5 Å². The summed E-state index contributed by atoms with van der Waals surface area (Å²) in [5, 5.41) is 0. The van der Waals surface area contributed by atoms with Crippen LogP contribution in [-0.4, -0.2) is 32.8 Å². The maximum absolute atomic E-state index is 13.8. The second-order valence-corrected chi connectivity index (χ2v) is 5.74. The quantitative estimate of drug-likeness (QED) is 0.243. The second-order valence-electron chi connectivity index (χ2n) is 4.38. The zero-order valence-corrected chi connectivity index (χ0v) is 14.9. The van der Waals surface area contributed by atoms with Gasteiger partial charge in [-0.1, -0.05) is 0 Å². The molecule has 26 heavy (non-hydrogen) atoms. The molecule has 0 aliphatic carbocycles. The molecule has 0 fully saturated rings. The van der Waals surface area contributed by atoms with Gasteiger partial charge >= 0.3 is 0 Å². The van der Waals surface area contributed by atoms with Crippen LogP contribution in [0.4, 0.5) is 39.5 Å². The van der Waals surface area contributed by atoms with Crippen LogP contribution >= 0.6 is 0 Å². The Balaban J connectivity index is 0.00000338. The molecule has 0 spiro atoms. The van der Waals surface area contributed by atoms with Crippen molar-refractivity contribution in [3.8, 4) is 11.1 Å². The van der Waals surface area contributed by atoms with Crippen LogP contribution < -0.4 is 0 Å². The molecule has 0 unspecified atom stereocenters. The van der Waals surface area contributed by atoms with Gasteiger partial charge in [0.15, 0.2) is 46.5 Å². The average Bonchev–Trinajstić information content (AvgIpc) is 2.52. The van der Waals surface area contributed by atoms with Gasteiger partial charge in [-0.15, -0.1) is 0 Å². The van der Waals surface area contributed by atoms with Crippen LogP contribution in [0.5, 0.6) is 0 Å². The Hall–Kier alpha value is -1.64. The van der Waals surface area contributed by atoms with Crippen LogP contribution in [0.2, 0.25) is 0 Å². The first-order chi connectivity index (χ1) is 11.3. The van der Waals surface area contributed by atoms with Crippen LogP contribution in [-0.2, 0) is 10.1 Å². The molecular formula is C12HF9GaO3S. The van der Waals surface area contributed by atoms with Crippen LogP contribution in [0.3, 0.4) is 0 Å². The Morgan fingerprint density at radius 2 is 0.769 bits per heavy atom. The van der Waals surface area contributed by atoms with Crippen molar-refractivity contribution < 1.29 is 52.5 Å². The van der Waals surface area contributed by atoms with Gasteiger partial charge in [-0.2, -0.15) is 8.42 Å². The first-order valence-electron chi connectivity index (χ1n) is 5.67. The van der Waals surface area contributed by atoms with Gasteiger partial charge in [-0.05, 0) is 0 Å². The van der Waals surface area contributed by atoms with E-state index in [1.54, 1.807) is 0 Å². The minimum absolute atomic E-state index is 0. The second kappa shape index (κ2) is 7.17. The van der Waals surface area contributed by atoms with E-state index < -0.39 is 78.5 Å². The van der Waals surface area contributed by atoms with Crippen molar-refractivity contribution in [2.24, 2.45) is 0 Å². The third kappa shape index (κ3) is 3.21. The van der Waals surface area contributed by atoms with Crippen molar-refractivity contribution in [1.29, 1.82) is 0 Å². The third-order valence-corrected chi connectivity index (χ3v) is 3.84. The van der Waals surface area contributed by atoms with E-state index in [-0.39, 0.29) is 19.8 Å². The van der Waals surface area contributed by atoms with Gasteiger partial charge in [0, 0.05) is 19.8 Å². The number of rotatable bonds is 2. The standard InChI is InChI=1S/C12HF9O3S.Ga/c13-3-1(4(14)7(17)9(19)6(3)16)2-5(15)8(18)10(20)11(21)12(2)25(22,23)24;/h(H,22,23,24);.